The zero-order valence-corrected chi connectivity index (χ0v) is 6.63. The fourth-order valence-corrected chi connectivity index (χ4v) is 1.71. The van der Waals surface area contributed by atoms with Crippen LogP contribution in [0.2, 0.25) is 0 Å². The van der Waals surface area contributed by atoms with Gasteiger partial charge in [-0.15, -0.1) is 0 Å². The minimum absolute atomic E-state index is 0.405. The fourth-order valence-electron chi connectivity index (χ4n) is 1.25. The van der Waals surface area contributed by atoms with Crippen LogP contribution in [0.25, 0.3) is 0 Å². The van der Waals surface area contributed by atoms with Gasteiger partial charge in [-0.3, -0.25) is 0 Å². The van der Waals surface area contributed by atoms with Gasteiger partial charge >= 0.3 is 4.83 Å². The molecule has 0 radical (unpaired) electrons. The molecule has 1 saturated carbocycles. The molecule has 0 aromatic carbocycles. The zero-order chi connectivity index (χ0) is 6.91. The predicted octanol–water partition coefficient (Wildman–Crippen LogP) is 3.16. The molecule has 0 N–H and O–H groups in total. The highest BCUT2D eigenvalue weighted by molar-refractivity contribution is 9.10. The predicted molar refractivity (Wildman–Crippen MR) is 35.8 cm³/mol. The summed E-state index contributed by atoms with van der Waals surface area (Å²) in [6.07, 6.45) is 3.29. The van der Waals surface area contributed by atoms with Crippen molar-refractivity contribution in [2.45, 2.75) is 30.5 Å². The summed E-state index contributed by atoms with van der Waals surface area (Å²) in [5.74, 6) is -0.405. The van der Waals surface area contributed by atoms with Gasteiger partial charge in [-0.25, -0.2) is 0 Å². The molecule has 1 aliphatic carbocycles. The molecular weight excluding hydrogens is 190 g/mol. The quantitative estimate of drug-likeness (QED) is 0.569. The lowest BCUT2D eigenvalue weighted by Crippen LogP contribution is -2.16. The van der Waals surface area contributed by atoms with Gasteiger partial charge in [-0.05, 0) is 28.8 Å². The molecule has 0 bridgehead atoms. The summed E-state index contributed by atoms with van der Waals surface area (Å²) in [6, 6.07) is 0. The van der Waals surface area contributed by atoms with Crippen LogP contribution in [-0.4, -0.2) is 4.83 Å². The summed E-state index contributed by atoms with van der Waals surface area (Å²) >= 11 is 2.37. The third kappa shape index (κ3) is 1.88. The third-order valence-corrected chi connectivity index (χ3v) is 2.47. The first-order chi connectivity index (χ1) is 4.11. The van der Waals surface area contributed by atoms with Crippen molar-refractivity contribution in [2.75, 3.05) is 0 Å². The van der Waals surface area contributed by atoms with Gasteiger partial charge in [0.15, 0.2) is 0 Å². The molecule has 0 aromatic heterocycles. The van der Waals surface area contributed by atoms with Crippen LogP contribution in [0.4, 0.5) is 8.78 Å². The smallest absolute Gasteiger partial charge is 0.193 e. The molecule has 0 saturated heterocycles. The van der Waals surface area contributed by atoms with Crippen LogP contribution >= 0.6 is 15.9 Å². The highest BCUT2D eigenvalue weighted by Crippen LogP contribution is 2.41. The van der Waals surface area contributed by atoms with Crippen molar-refractivity contribution in [1.29, 1.82) is 0 Å². The van der Waals surface area contributed by atoms with Crippen LogP contribution in [0.15, 0.2) is 0 Å². The Morgan fingerprint density at radius 3 is 1.89 bits per heavy atom. The lowest BCUT2D eigenvalue weighted by atomic mass is 10.1. The highest BCUT2D eigenvalue weighted by Gasteiger charge is 2.37. The lowest BCUT2D eigenvalue weighted by Gasteiger charge is -2.14. The average Bonchev–Trinajstić information content (AvgIpc) is 2.08. The molecule has 0 amide bonds. The van der Waals surface area contributed by atoms with Gasteiger partial charge < -0.3 is 0 Å². The second-order valence-electron chi connectivity index (χ2n) is 2.52. The van der Waals surface area contributed by atoms with Crippen LogP contribution in [-0.2, 0) is 0 Å². The zero-order valence-electron chi connectivity index (χ0n) is 5.04. The normalized spacial score (nSPS) is 23.0. The van der Waals surface area contributed by atoms with Gasteiger partial charge in [0.1, 0.15) is 0 Å². The van der Waals surface area contributed by atoms with E-state index in [4.69, 9.17) is 0 Å². The van der Waals surface area contributed by atoms with E-state index in [0.29, 0.717) is 12.8 Å². The van der Waals surface area contributed by atoms with E-state index in [2.05, 4.69) is 15.9 Å². The standard InChI is InChI=1S/C6H9BrF2/c7-6(8,9)5-3-1-2-4-5/h5H,1-4H2. The SMILES string of the molecule is FC(F)(Br)C1CCCC1. The van der Waals surface area contributed by atoms with Crippen molar-refractivity contribution in [3.05, 3.63) is 0 Å². The Morgan fingerprint density at radius 2 is 1.67 bits per heavy atom. The maximum absolute atomic E-state index is 12.3. The van der Waals surface area contributed by atoms with Crippen molar-refractivity contribution in [3.63, 3.8) is 0 Å². The minimum atomic E-state index is -2.61. The molecule has 0 spiro atoms. The maximum Gasteiger partial charge on any atom is 0.304 e. The van der Waals surface area contributed by atoms with E-state index >= 15 is 0 Å². The molecular formula is C6H9BrF2. The number of rotatable bonds is 1. The summed E-state index contributed by atoms with van der Waals surface area (Å²) in [5.41, 5.74) is 0. The van der Waals surface area contributed by atoms with E-state index in [0.717, 1.165) is 12.8 Å². The summed E-state index contributed by atoms with van der Waals surface area (Å²) in [5, 5.41) is 0. The molecule has 0 unspecified atom stereocenters. The average molecular weight is 199 g/mol. The number of alkyl halides is 3. The number of hydrogen-bond acceptors (Lipinski definition) is 0. The number of halogens is 3. The Bertz CT molecular complexity index is 91.7. The maximum atomic E-state index is 12.3. The third-order valence-electron chi connectivity index (χ3n) is 1.82. The van der Waals surface area contributed by atoms with Crippen LogP contribution < -0.4 is 0 Å². The van der Waals surface area contributed by atoms with Crippen molar-refractivity contribution >= 4 is 15.9 Å². The molecule has 0 aromatic rings. The van der Waals surface area contributed by atoms with Gasteiger partial charge in [0.25, 0.3) is 0 Å². The van der Waals surface area contributed by atoms with Gasteiger partial charge in [0.2, 0.25) is 0 Å². The monoisotopic (exact) mass is 198 g/mol. The number of hydrogen-bond donors (Lipinski definition) is 0. The molecule has 1 fully saturated rings. The van der Waals surface area contributed by atoms with E-state index < -0.39 is 10.7 Å². The van der Waals surface area contributed by atoms with Crippen LogP contribution in [0.1, 0.15) is 25.7 Å². The summed E-state index contributed by atoms with van der Waals surface area (Å²) in [6.45, 7) is 0. The molecule has 0 aliphatic heterocycles. The molecule has 1 aliphatic rings. The fraction of sp³-hybridized carbons (Fsp3) is 1.00. The summed E-state index contributed by atoms with van der Waals surface area (Å²) in [7, 11) is 0. The van der Waals surface area contributed by atoms with Crippen molar-refractivity contribution in [1.82, 2.24) is 0 Å². The molecule has 9 heavy (non-hydrogen) atoms. The topological polar surface area (TPSA) is 0 Å². The van der Waals surface area contributed by atoms with Crippen molar-refractivity contribution in [2.24, 2.45) is 5.92 Å². The highest BCUT2D eigenvalue weighted by atomic mass is 79.9. The van der Waals surface area contributed by atoms with E-state index in [-0.39, 0.29) is 0 Å². The van der Waals surface area contributed by atoms with Crippen LogP contribution in [0.5, 0.6) is 0 Å². The van der Waals surface area contributed by atoms with E-state index in [1.807, 2.05) is 0 Å². The van der Waals surface area contributed by atoms with E-state index in [1.165, 1.54) is 0 Å². The Hall–Kier alpha value is 0.340. The van der Waals surface area contributed by atoms with Crippen molar-refractivity contribution in [3.8, 4) is 0 Å². The Balaban J connectivity index is 2.42. The molecule has 54 valence electrons. The van der Waals surface area contributed by atoms with Crippen molar-refractivity contribution < 1.29 is 8.78 Å². The lowest BCUT2D eigenvalue weighted by molar-refractivity contribution is 0.0491. The second-order valence-corrected chi connectivity index (χ2v) is 3.58. The molecule has 0 heterocycles. The largest absolute Gasteiger partial charge is 0.304 e. The molecule has 0 nitrogen and oxygen atoms in total. The minimum Gasteiger partial charge on any atom is -0.193 e. The summed E-state index contributed by atoms with van der Waals surface area (Å²) < 4.78 is 24.7. The summed E-state index contributed by atoms with van der Waals surface area (Å²) in [4.78, 5) is -2.61. The van der Waals surface area contributed by atoms with Gasteiger partial charge in [0.05, 0.1) is 0 Å². The molecule has 3 heteroatoms. The van der Waals surface area contributed by atoms with Gasteiger partial charge in [-0.2, -0.15) is 8.78 Å². The Kier molecular flexibility index (Phi) is 2.09. The van der Waals surface area contributed by atoms with Crippen LogP contribution in [0.3, 0.4) is 0 Å². The van der Waals surface area contributed by atoms with E-state index in [1.54, 1.807) is 0 Å². The first-order valence-electron chi connectivity index (χ1n) is 3.17. The van der Waals surface area contributed by atoms with Crippen LogP contribution in [0, 0.1) is 5.92 Å². The first kappa shape index (κ1) is 7.45. The first-order valence-corrected chi connectivity index (χ1v) is 3.97. The molecule has 0 atom stereocenters. The van der Waals surface area contributed by atoms with E-state index in [9.17, 15) is 8.78 Å². The molecule has 1 rings (SSSR count). The Labute approximate surface area is 61.8 Å². The van der Waals surface area contributed by atoms with Gasteiger partial charge in [0, 0.05) is 5.92 Å². The van der Waals surface area contributed by atoms with Gasteiger partial charge in [-0.1, -0.05) is 12.8 Å². The second kappa shape index (κ2) is 2.52. The Morgan fingerprint density at radius 1 is 1.22 bits per heavy atom.